The zero-order valence-corrected chi connectivity index (χ0v) is 17.6. The Balaban J connectivity index is 1.19. The molecule has 1 atom stereocenters. The Bertz CT molecular complexity index is 1100. The fraction of sp³-hybridized carbons (Fsp3) is 0.360. The molecule has 5 heteroatoms. The minimum absolute atomic E-state index is 0.0128. The normalized spacial score (nSPS) is 26.1. The third-order valence-electron chi connectivity index (χ3n) is 7.16. The molecule has 1 heterocycles. The Morgan fingerprint density at radius 1 is 1.13 bits per heavy atom. The first-order chi connectivity index (χ1) is 14.4. The van der Waals surface area contributed by atoms with Crippen LogP contribution in [0.1, 0.15) is 44.1 Å². The summed E-state index contributed by atoms with van der Waals surface area (Å²) in [5.41, 5.74) is 3.20. The van der Waals surface area contributed by atoms with Crippen molar-refractivity contribution in [3.05, 3.63) is 71.1 Å². The van der Waals surface area contributed by atoms with E-state index in [4.69, 9.17) is 11.6 Å². The van der Waals surface area contributed by atoms with Crippen molar-refractivity contribution in [2.75, 3.05) is 5.32 Å². The van der Waals surface area contributed by atoms with Crippen LogP contribution in [0.2, 0.25) is 5.02 Å². The van der Waals surface area contributed by atoms with Gasteiger partial charge in [0.15, 0.2) is 0 Å². The lowest BCUT2D eigenvalue weighted by molar-refractivity contribution is -0.127. The Hall–Kier alpha value is -2.46. The first-order valence-corrected chi connectivity index (χ1v) is 10.9. The topological polar surface area (TPSA) is 42.0 Å². The molecule has 0 radical (unpaired) electrons. The molecule has 2 aromatic carbocycles. The second-order valence-electron chi connectivity index (χ2n) is 9.12. The number of fused-ring (bicyclic) bond motifs is 1. The van der Waals surface area contributed by atoms with Gasteiger partial charge in [-0.25, -0.2) is 4.39 Å². The van der Waals surface area contributed by atoms with Gasteiger partial charge in [0.05, 0.1) is 5.52 Å². The summed E-state index contributed by atoms with van der Waals surface area (Å²) in [4.78, 5) is 17.0. The molecular formula is C25H24ClFN2O. The van der Waals surface area contributed by atoms with E-state index in [2.05, 4.69) is 10.3 Å². The van der Waals surface area contributed by atoms with E-state index in [1.807, 2.05) is 31.3 Å². The van der Waals surface area contributed by atoms with Crippen molar-refractivity contribution in [3.8, 4) is 0 Å². The quantitative estimate of drug-likeness (QED) is 0.516. The van der Waals surface area contributed by atoms with E-state index in [-0.39, 0.29) is 17.6 Å². The van der Waals surface area contributed by atoms with Gasteiger partial charge in [0, 0.05) is 28.2 Å². The summed E-state index contributed by atoms with van der Waals surface area (Å²) in [5.74, 6) is 0.723. The monoisotopic (exact) mass is 422 g/mol. The predicted octanol–water partition coefficient (Wildman–Crippen LogP) is 6.58. The molecule has 3 nitrogen and oxygen atoms in total. The highest BCUT2D eigenvalue weighted by molar-refractivity contribution is 6.30. The van der Waals surface area contributed by atoms with Crippen molar-refractivity contribution in [2.24, 2.45) is 17.3 Å². The van der Waals surface area contributed by atoms with Crippen molar-refractivity contribution in [3.63, 3.8) is 0 Å². The van der Waals surface area contributed by atoms with Crippen molar-refractivity contribution < 1.29 is 9.18 Å². The van der Waals surface area contributed by atoms with Crippen LogP contribution in [0.3, 0.4) is 0 Å². The van der Waals surface area contributed by atoms with Gasteiger partial charge in [0.2, 0.25) is 5.91 Å². The molecule has 2 saturated carbocycles. The predicted molar refractivity (Wildman–Crippen MR) is 118 cm³/mol. The molecule has 30 heavy (non-hydrogen) atoms. The van der Waals surface area contributed by atoms with Crippen LogP contribution in [0, 0.1) is 23.1 Å². The first-order valence-electron chi connectivity index (χ1n) is 10.5. The van der Waals surface area contributed by atoms with Crippen LogP contribution < -0.4 is 5.32 Å². The Morgan fingerprint density at radius 2 is 1.87 bits per heavy atom. The number of pyridine rings is 1. The molecule has 1 amide bonds. The number of carbonyl (C=O) groups excluding carboxylic acids is 1. The third-order valence-corrected chi connectivity index (χ3v) is 7.41. The van der Waals surface area contributed by atoms with Gasteiger partial charge in [0.25, 0.3) is 0 Å². The van der Waals surface area contributed by atoms with Gasteiger partial charge in [-0.15, -0.1) is 0 Å². The maximum absolute atomic E-state index is 13.8. The van der Waals surface area contributed by atoms with E-state index >= 15 is 0 Å². The molecule has 1 spiro atoms. The first kappa shape index (κ1) is 19.5. The van der Waals surface area contributed by atoms with Crippen LogP contribution in [0.15, 0.2) is 54.7 Å². The van der Waals surface area contributed by atoms with Crippen molar-refractivity contribution >= 4 is 34.1 Å². The molecule has 2 aliphatic carbocycles. The number of nitrogens with zero attached hydrogens (tertiary/aromatic N) is 1. The molecule has 5 rings (SSSR count). The van der Waals surface area contributed by atoms with Crippen LogP contribution in [0.4, 0.5) is 10.1 Å². The maximum Gasteiger partial charge on any atom is 0.227 e. The number of nitrogens with one attached hydrogen (secondary N) is 1. The van der Waals surface area contributed by atoms with Crippen molar-refractivity contribution in [2.45, 2.75) is 38.5 Å². The van der Waals surface area contributed by atoms with E-state index in [1.165, 1.54) is 11.6 Å². The number of rotatable bonds is 4. The summed E-state index contributed by atoms with van der Waals surface area (Å²) in [7, 11) is 0. The van der Waals surface area contributed by atoms with E-state index in [1.54, 1.807) is 24.3 Å². The highest BCUT2D eigenvalue weighted by Crippen LogP contribution is 2.65. The number of anilines is 1. The van der Waals surface area contributed by atoms with Gasteiger partial charge < -0.3 is 5.32 Å². The number of amides is 1. The number of hydrogen-bond acceptors (Lipinski definition) is 2. The van der Waals surface area contributed by atoms with E-state index in [9.17, 15) is 9.18 Å². The Kier molecular flexibility index (Phi) is 4.78. The number of aromatic nitrogens is 1. The van der Waals surface area contributed by atoms with Gasteiger partial charge in [-0.1, -0.05) is 18.5 Å². The Labute approximate surface area is 180 Å². The minimum Gasteiger partial charge on any atom is -0.326 e. The molecule has 2 fully saturated rings. The average molecular weight is 423 g/mol. The minimum atomic E-state index is -0.213. The van der Waals surface area contributed by atoms with Crippen molar-refractivity contribution in [1.82, 2.24) is 4.98 Å². The van der Waals surface area contributed by atoms with Crippen LogP contribution >= 0.6 is 11.6 Å². The summed E-state index contributed by atoms with van der Waals surface area (Å²) in [6, 6.07) is 14.1. The number of carbonyl (C=O) groups is 1. The van der Waals surface area contributed by atoms with Crippen LogP contribution in [-0.2, 0) is 4.79 Å². The molecule has 0 aliphatic heterocycles. The highest BCUT2D eigenvalue weighted by Gasteiger charge is 2.54. The lowest BCUT2D eigenvalue weighted by Gasteiger charge is -2.59. The zero-order chi connectivity index (χ0) is 20.9. The fourth-order valence-electron chi connectivity index (χ4n) is 5.44. The van der Waals surface area contributed by atoms with Crippen LogP contribution in [0.5, 0.6) is 0 Å². The number of halogens is 2. The second kappa shape index (κ2) is 7.35. The summed E-state index contributed by atoms with van der Waals surface area (Å²) < 4.78 is 13.8. The molecule has 0 bridgehead atoms. The van der Waals surface area contributed by atoms with Crippen LogP contribution in [-0.4, -0.2) is 10.9 Å². The molecule has 0 saturated heterocycles. The lowest BCUT2D eigenvalue weighted by atomic mass is 9.45. The van der Waals surface area contributed by atoms with E-state index in [0.29, 0.717) is 22.3 Å². The summed E-state index contributed by atoms with van der Waals surface area (Å²) >= 11 is 5.91. The summed E-state index contributed by atoms with van der Waals surface area (Å²) in [5, 5.41) is 4.59. The molecule has 3 aromatic rings. The fourth-order valence-corrected chi connectivity index (χ4v) is 5.57. The second-order valence-corrected chi connectivity index (χ2v) is 9.56. The third kappa shape index (κ3) is 3.47. The molecular weight excluding hydrogens is 399 g/mol. The van der Waals surface area contributed by atoms with E-state index in [0.717, 1.165) is 42.3 Å². The van der Waals surface area contributed by atoms with Gasteiger partial charge in [-0.2, -0.15) is 0 Å². The smallest absolute Gasteiger partial charge is 0.227 e. The largest absolute Gasteiger partial charge is 0.326 e. The summed E-state index contributed by atoms with van der Waals surface area (Å²) in [6.07, 6.45) is 6.24. The SMILES string of the molecule is CC(C(=O)Nc1ccc(Cl)cc1)C1CC2(CC(c3ccnc4ccc(F)cc34)C2)C1. The average Bonchev–Trinajstić information content (AvgIpc) is 2.67. The highest BCUT2D eigenvalue weighted by atomic mass is 35.5. The molecule has 1 aromatic heterocycles. The number of hydrogen-bond donors (Lipinski definition) is 1. The molecule has 2 aliphatic rings. The van der Waals surface area contributed by atoms with Gasteiger partial charge in [-0.3, -0.25) is 9.78 Å². The standard InChI is InChI=1S/C25H24ClFN2O/c1-15(24(30)29-20-5-2-18(26)3-6-20)16-11-25(12-16)13-17(14-25)21-8-9-28-23-7-4-19(27)10-22(21)23/h2-10,15-17H,11-14H2,1H3,(H,29,30). The number of benzene rings is 2. The summed E-state index contributed by atoms with van der Waals surface area (Å²) in [6.45, 7) is 2.03. The van der Waals surface area contributed by atoms with Crippen LogP contribution in [0.25, 0.3) is 10.9 Å². The molecule has 1 unspecified atom stereocenters. The maximum atomic E-state index is 13.8. The van der Waals surface area contributed by atoms with E-state index < -0.39 is 0 Å². The van der Waals surface area contributed by atoms with Gasteiger partial charge in [0.1, 0.15) is 5.82 Å². The van der Waals surface area contributed by atoms with Crippen molar-refractivity contribution in [1.29, 1.82) is 0 Å². The molecule has 154 valence electrons. The lowest BCUT2D eigenvalue weighted by Crippen LogP contribution is -2.50. The van der Waals surface area contributed by atoms with Gasteiger partial charge >= 0.3 is 0 Å². The van der Waals surface area contributed by atoms with Gasteiger partial charge in [-0.05, 0) is 97.0 Å². The molecule has 1 N–H and O–H groups in total. The zero-order valence-electron chi connectivity index (χ0n) is 16.9. The Morgan fingerprint density at radius 3 is 2.60 bits per heavy atom.